The standard InChI is InChI=1S/C21H15BrN6O2S/c1-27(2)21-24-17(11-7-5-4-6-8-11)18(31-21)26-25-16-12(10-23)9-13-14(15(16)22)20(30)28(3)19(13)29/h4-9H,1-3H3. The van der Waals surface area contributed by atoms with E-state index >= 15 is 0 Å². The SMILES string of the molecule is CN1C(=O)c2cc(C#N)c(N=Nc3sc(N(C)C)nc3-c3ccccc3)c(Br)c2C1=O. The molecule has 10 heteroatoms. The lowest BCUT2D eigenvalue weighted by atomic mass is 10.0. The van der Waals surface area contributed by atoms with Crippen LogP contribution in [0, 0.1) is 11.3 Å². The minimum Gasteiger partial charge on any atom is -0.354 e. The van der Waals surface area contributed by atoms with Gasteiger partial charge in [0.25, 0.3) is 11.8 Å². The Hall–Kier alpha value is -3.42. The third kappa shape index (κ3) is 3.52. The highest BCUT2D eigenvalue weighted by Crippen LogP contribution is 2.43. The van der Waals surface area contributed by atoms with E-state index in [9.17, 15) is 14.9 Å². The molecular formula is C21H15BrN6O2S. The van der Waals surface area contributed by atoms with Crippen molar-refractivity contribution in [1.29, 1.82) is 5.26 Å². The van der Waals surface area contributed by atoms with Crippen LogP contribution in [0.25, 0.3) is 11.3 Å². The zero-order valence-corrected chi connectivity index (χ0v) is 19.2. The maximum atomic E-state index is 12.5. The van der Waals surface area contributed by atoms with Crippen molar-refractivity contribution in [2.75, 3.05) is 26.0 Å². The van der Waals surface area contributed by atoms with E-state index in [0.29, 0.717) is 10.7 Å². The van der Waals surface area contributed by atoms with Gasteiger partial charge in [-0.3, -0.25) is 14.5 Å². The lowest BCUT2D eigenvalue weighted by molar-refractivity contribution is 0.0693. The Morgan fingerprint density at radius 3 is 2.52 bits per heavy atom. The maximum Gasteiger partial charge on any atom is 0.262 e. The summed E-state index contributed by atoms with van der Waals surface area (Å²) in [6.45, 7) is 0. The number of carbonyl (C=O) groups is 2. The zero-order chi connectivity index (χ0) is 22.3. The van der Waals surface area contributed by atoms with Gasteiger partial charge in [-0.05, 0) is 22.0 Å². The highest BCUT2D eigenvalue weighted by atomic mass is 79.9. The summed E-state index contributed by atoms with van der Waals surface area (Å²) in [4.78, 5) is 32.3. The highest BCUT2D eigenvalue weighted by molar-refractivity contribution is 9.10. The van der Waals surface area contributed by atoms with Gasteiger partial charge in [-0.15, -0.1) is 10.2 Å². The van der Waals surface area contributed by atoms with Crippen LogP contribution in [0.3, 0.4) is 0 Å². The van der Waals surface area contributed by atoms with E-state index < -0.39 is 11.8 Å². The number of halogens is 1. The Bertz CT molecular complexity index is 1290. The fraction of sp³-hybridized carbons (Fsp3) is 0.143. The molecule has 0 atom stereocenters. The molecule has 0 spiro atoms. The average Bonchev–Trinajstić information content (AvgIpc) is 3.29. The molecule has 0 saturated carbocycles. The van der Waals surface area contributed by atoms with Crippen molar-refractivity contribution < 1.29 is 9.59 Å². The monoisotopic (exact) mass is 494 g/mol. The van der Waals surface area contributed by atoms with E-state index in [1.54, 1.807) is 0 Å². The van der Waals surface area contributed by atoms with Crippen molar-refractivity contribution >= 4 is 54.9 Å². The van der Waals surface area contributed by atoms with Crippen LogP contribution in [0.2, 0.25) is 0 Å². The van der Waals surface area contributed by atoms with Gasteiger partial charge >= 0.3 is 0 Å². The number of rotatable bonds is 4. The number of azo groups is 1. The van der Waals surface area contributed by atoms with Crippen LogP contribution in [0.15, 0.2) is 51.1 Å². The molecule has 2 aromatic carbocycles. The number of nitrogens with zero attached hydrogens (tertiary/aromatic N) is 6. The number of anilines is 1. The number of fused-ring (bicyclic) bond motifs is 1. The topological polar surface area (TPSA) is 102 Å². The van der Waals surface area contributed by atoms with Crippen LogP contribution in [-0.4, -0.2) is 42.8 Å². The molecule has 0 unspecified atom stereocenters. The van der Waals surface area contributed by atoms with Gasteiger partial charge in [0.15, 0.2) is 10.1 Å². The third-order valence-electron chi connectivity index (χ3n) is 4.68. The van der Waals surface area contributed by atoms with E-state index in [1.807, 2.05) is 55.4 Å². The lowest BCUT2D eigenvalue weighted by Crippen LogP contribution is -2.24. The van der Waals surface area contributed by atoms with Gasteiger partial charge in [-0.25, -0.2) is 4.98 Å². The normalized spacial score (nSPS) is 13.1. The number of amides is 2. The van der Waals surface area contributed by atoms with Crippen LogP contribution in [0.4, 0.5) is 15.8 Å². The van der Waals surface area contributed by atoms with Gasteiger partial charge < -0.3 is 4.90 Å². The van der Waals surface area contributed by atoms with Crippen LogP contribution < -0.4 is 4.90 Å². The highest BCUT2D eigenvalue weighted by Gasteiger charge is 2.37. The summed E-state index contributed by atoms with van der Waals surface area (Å²) < 4.78 is 0.270. The second-order valence-electron chi connectivity index (χ2n) is 6.90. The number of hydrogen-bond donors (Lipinski definition) is 0. The Morgan fingerprint density at radius 2 is 1.87 bits per heavy atom. The van der Waals surface area contributed by atoms with Crippen LogP contribution >= 0.6 is 27.3 Å². The van der Waals surface area contributed by atoms with E-state index in [4.69, 9.17) is 0 Å². The quantitative estimate of drug-likeness (QED) is 0.368. The molecule has 2 heterocycles. The predicted molar refractivity (Wildman–Crippen MR) is 121 cm³/mol. The molecular weight excluding hydrogens is 480 g/mol. The fourth-order valence-electron chi connectivity index (χ4n) is 3.08. The number of thiazole rings is 1. The largest absolute Gasteiger partial charge is 0.354 e. The van der Waals surface area contributed by atoms with Crippen molar-refractivity contribution in [2.24, 2.45) is 10.2 Å². The van der Waals surface area contributed by atoms with Gasteiger partial charge in [0.1, 0.15) is 17.5 Å². The van der Waals surface area contributed by atoms with Crippen molar-refractivity contribution in [2.45, 2.75) is 0 Å². The molecule has 8 nitrogen and oxygen atoms in total. The van der Waals surface area contributed by atoms with Gasteiger partial charge in [-0.2, -0.15) is 5.26 Å². The Balaban J connectivity index is 1.85. The zero-order valence-electron chi connectivity index (χ0n) is 16.8. The summed E-state index contributed by atoms with van der Waals surface area (Å²) in [7, 11) is 5.17. The first-order valence-electron chi connectivity index (χ1n) is 9.07. The maximum absolute atomic E-state index is 12.5. The van der Waals surface area contributed by atoms with Gasteiger partial charge in [0.05, 0.1) is 21.2 Å². The summed E-state index contributed by atoms with van der Waals surface area (Å²) >= 11 is 4.71. The molecule has 1 aromatic heterocycles. The summed E-state index contributed by atoms with van der Waals surface area (Å²) in [5.74, 6) is -0.907. The second kappa shape index (κ2) is 8.02. The molecule has 154 valence electrons. The Kier molecular flexibility index (Phi) is 5.39. The van der Waals surface area contributed by atoms with Gasteiger partial charge in [-0.1, -0.05) is 41.7 Å². The number of carbonyl (C=O) groups excluding carboxylic acids is 2. The second-order valence-corrected chi connectivity index (χ2v) is 8.65. The first kappa shape index (κ1) is 20.8. The van der Waals surface area contributed by atoms with Crippen molar-refractivity contribution in [3.63, 3.8) is 0 Å². The number of hydrogen-bond acceptors (Lipinski definition) is 8. The van der Waals surface area contributed by atoms with Crippen molar-refractivity contribution in [1.82, 2.24) is 9.88 Å². The molecule has 1 aliphatic rings. The average molecular weight is 495 g/mol. The minimum absolute atomic E-state index is 0.143. The van der Waals surface area contributed by atoms with Gasteiger partial charge in [0, 0.05) is 26.7 Å². The lowest BCUT2D eigenvalue weighted by Gasteiger charge is -2.05. The molecule has 0 N–H and O–H groups in total. The molecule has 3 aromatic rings. The van der Waals surface area contributed by atoms with E-state index in [-0.39, 0.29) is 26.9 Å². The first-order valence-corrected chi connectivity index (χ1v) is 10.7. The fourth-order valence-corrected chi connectivity index (χ4v) is 4.59. The first-order chi connectivity index (χ1) is 14.8. The molecule has 4 rings (SSSR count). The molecule has 0 aliphatic carbocycles. The van der Waals surface area contributed by atoms with E-state index in [2.05, 4.69) is 31.1 Å². The van der Waals surface area contributed by atoms with Crippen molar-refractivity contribution in [3.8, 4) is 17.3 Å². The van der Waals surface area contributed by atoms with E-state index in [0.717, 1.165) is 15.6 Å². The third-order valence-corrected chi connectivity index (χ3v) is 6.56. The van der Waals surface area contributed by atoms with Crippen LogP contribution in [-0.2, 0) is 0 Å². The van der Waals surface area contributed by atoms with Crippen LogP contribution in [0.1, 0.15) is 26.3 Å². The molecule has 0 radical (unpaired) electrons. The van der Waals surface area contributed by atoms with E-state index in [1.165, 1.54) is 24.5 Å². The molecule has 31 heavy (non-hydrogen) atoms. The summed E-state index contributed by atoms with van der Waals surface area (Å²) in [5.41, 5.74) is 2.24. The van der Waals surface area contributed by atoms with Gasteiger partial charge in [0.2, 0.25) is 0 Å². The van der Waals surface area contributed by atoms with Crippen LogP contribution in [0.5, 0.6) is 0 Å². The predicted octanol–water partition coefficient (Wildman–Crippen LogP) is 5.15. The molecule has 1 aliphatic heterocycles. The molecule has 0 bridgehead atoms. The number of nitriles is 1. The van der Waals surface area contributed by atoms with Crippen molar-refractivity contribution in [3.05, 3.63) is 57.6 Å². The molecule has 0 saturated heterocycles. The number of aromatic nitrogens is 1. The summed E-state index contributed by atoms with van der Waals surface area (Å²) in [6, 6.07) is 13.0. The smallest absolute Gasteiger partial charge is 0.262 e. The Morgan fingerprint density at radius 1 is 1.16 bits per heavy atom. The minimum atomic E-state index is -0.454. The summed E-state index contributed by atoms with van der Waals surface area (Å²) in [5, 5.41) is 19.6. The molecule has 0 fully saturated rings. The number of benzene rings is 2. The molecule has 2 amide bonds. The Labute approximate surface area is 190 Å². The summed E-state index contributed by atoms with van der Waals surface area (Å²) in [6.07, 6.45) is 0. The number of imide groups is 1.